The lowest BCUT2D eigenvalue weighted by atomic mass is 10.2. The van der Waals surface area contributed by atoms with Crippen molar-refractivity contribution in [1.82, 2.24) is 15.3 Å². The molecule has 4 N–H and O–H groups in total. The summed E-state index contributed by atoms with van der Waals surface area (Å²) in [7, 11) is 0. The number of H-pyrrole nitrogens is 2. The normalized spacial score (nSPS) is 11.8. The van der Waals surface area contributed by atoms with E-state index in [1.807, 2.05) is 4.98 Å². The Bertz CT molecular complexity index is 544. The van der Waals surface area contributed by atoms with Crippen molar-refractivity contribution in [3.8, 4) is 0 Å². The topological polar surface area (TPSA) is 132 Å². The van der Waals surface area contributed by atoms with Crippen LogP contribution in [0.15, 0.2) is 15.8 Å². The van der Waals surface area contributed by atoms with E-state index in [9.17, 15) is 19.2 Å². The highest BCUT2D eigenvalue weighted by molar-refractivity contribution is 5.95. The van der Waals surface area contributed by atoms with Gasteiger partial charge in [-0.2, -0.15) is 0 Å². The van der Waals surface area contributed by atoms with E-state index < -0.39 is 29.2 Å². The summed E-state index contributed by atoms with van der Waals surface area (Å²) in [4.78, 5) is 48.2. The monoisotopic (exact) mass is 241 g/mol. The summed E-state index contributed by atoms with van der Waals surface area (Å²) in [6, 6.07) is -1.08. The summed E-state index contributed by atoms with van der Waals surface area (Å²) in [6.45, 7) is 1.58. The Morgan fingerprint density at radius 1 is 1.47 bits per heavy atom. The number of carboxylic acid groups (broad SMARTS) is 1. The van der Waals surface area contributed by atoms with E-state index in [2.05, 4.69) is 10.3 Å². The Labute approximate surface area is 94.7 Å². The maximum atomic E-state index is 11.5. The van der Waals surface area contributed by atoms with Crippen LogP contribution in [-0.2, 0) is 4.79 Å². The van der Waals surface area contributed by atoms with Gasteiger partial charge in [-0.3, -0.25) is 14.6 Å². The first-order valence-electron chi connectivity index (χ1n) is 4.81. The number of carbonyl (C=O) groups is 2. The number of hydrogen-bond donors (Lipinski definition) is 4. The zero-order valence-corrected chi connectivity index (χ0v) is 8.94. The van der Waals surface area contributed by atoms with Gasteiger partial charge in [0.1, 0.15) is 11.6 Å². The second-order valence-corrected chi connectivity index (χ2v) is 3.26. The second kappa shape index (κ2) is 5.10. The second-order valence-electron chi connectivity index (χ2n) is 3.26. The third-order valence-electron chi connectivity index (χ3n) is 2.08. The fraction of sp³-hybridized carbons (Fsp3) is 0.333. The predicted octanol–water partition coefficient (Wildman–Crippen LogP) is -1.34. The van der Waals surface area contributed by atoms with Gasteiger partial charge in [-0.1, -0.05) is 6.92 Å². The van der Waals surface area contributed by atoms with E-state index in [-0.39, 0.29) is 12.0 Å². The largest absolute Gasteiger partial charge is 0.480 e. The van der Waals surface area contributed by atoms with Crippen molar-refractivity contribution in [2.75, 3.05) is 0 Å². The lowest BCUT2D eigenvalue weighted by molar-refractivity contribution is -0.139. The van der Waals surface area contributed by atoms with Gasteiger partial charge in [-0.05, 0) is 6.42 Å². The molecule has 8 heteroatoms. The Balaban J connectivity index is 2.94. The summed E-state index contributed by atoms with van der Waals surface area (Å²) < 4.78 is 0. The number of aromatic amines is 2. The lowest BCUT2D eigenvalue weighted by Gasteiger charge is -2.11. The van der Waals surface area contributed by atoms with Crippen LogP contribution >= 0.6 is 0 Å². The van der Waals surface area contributed by atoms with Crippen molar-refractivity contribution in [1.29, 1.82) is 0 Å². The SMILES string of the molecule is CC[C@@H](NC(=O)c1c[nH]c(=O)[nH]c1=O)C(=O)O. The Hall–Kier alpha value is -2.38. The Kier molecular flexibility index (Phi) is 3.81. The van der Waals surface area contributed by atoms with Gasteiger partial charge < -0.3 is 15.4 Å². The zero-order chi connectivity index (χ0) is 13.0. The highest BCUT2D eigenvalue weighted by atomic mass is 16.4. The molecule has 0 aliphatic carbocycles. The molecular formula is C9H11N3O5. The molecule has 0 fully saturated rings. The molecule has 1 aromatic heterocycles. The summed E-state index contributed by atoms with van der Waals surface area (Å²) in [5, 5.41) is 10.9. The Morgan fingerprint density at radius 2 is 2.12 bits per heavy atom. The number of aromatic nitrogens is 2. The van der Waals surface area contributed by atoms with Crippen LogP contribution in [0.3, 0.4) is 0 Å². The van der Waals surface area contributed by atoms with Crippen LogP contribution in [0.1, 0.15) is 23.7 Å². The van der Waals surface area contributed by atoms with Gasteiger partial charge >= 0.3 is 11.7 Å². The summed E-state index contributed by atoms with van der Waals surface area (Å²) in [5.41, 5.74) is -1.95. The molecule has 0 bridgehead atoms. The van der Waals surface area contributed by atoms with E-state index >= 15 is 0 Å². The number of hydrogen-bond acceptors (Lipinski definition) is 4. The van der Waals surface area contributed by atoms with Crippen LogP contribution in [0.2, 0.25) is 0 Å². The van der Waals surface area contributed by atoms with Gasteiger partial charge in [0.15, 0.2) is 0 Å². The van der Waals surface area contributed by atoms with Gasteiger partial charge in [-0.25, -0.2) is 9.59 Å². The fourth-order valence-electron chi connectivity index (χ4n) is 1.15. The van der Waals surface area contributed by atoms with E-state index in [4.69, 9.17) is 5.11 Å². The van der Waals surface area contributed by atoms with E-state index in [1.165, 1.54) is 0 Å². The summed E-state index contributed by atoms with van der Waals surface area (Å²) in [5.74, 6) is -2.04. The van der Waals surface area contributed by atoms with Crippen molar-refractivity contribution in [2.45, 2.75) is 19.4 Å². The van der Waals surface area contributed by atoms with E-state index in [1.54, 1.807) is 6.92 Å². The minimum atomic E-state index is -1.19. The number of nitrogens with one attached hydrogen (secondary N) is 3. The molecule has 0 aliphatic heterocycles. The zero-order valence-electron chi connectivity index (χ0n) is 8.94. The molecule has 0 aliphatic rings. The lowest BCUT2D eigenvalue weighted by Crippen LogP contribution is -2.42. The van der Waals surface area contributed by atoms with Crippen molar-refractivity contribution >= 4 is 11.9 Å². The smallest absolute Gasteiger partial charge is 0.326 e. The number of carbonyl (C=O) groups excluding carboxylic acids is 1. The van der Waals surface area contributed by atoms with Crippen LogP contribution in [-0.4, -0.2) is 33.0 Å². The average Bonchev–Trinajstić information content (AvgIpc) is 2.24. The highest BCUT2D eigenvalue weighted by Crippen LogP contribution is 1.93. The van der Waals surface area contributed by atoms with E-state index in [0.717, 1.165) is 6.20 Å². The molecule has 0 aromatic carbocycles. The maximum absolute atomic E-state index is 11.5. The first-order chi connectivity index (χ1) is 7.95. The summed E-state index contributed by atoms with van der Waals surface area (Å²) in [6.07, 6.45) is 1.12. The quantitative estimate of drug-likeness (QED) is 0.517. The van der Waals surface area contributed by atoms with Crippen LogP contribution in [0, 0.1) is 0 Å². The minimum Gasteiger partial charge on any atom is -0.480 e. The van der Waals surface area contributed by atoms with Crippen LogP contribution in [0.4, 0.5) is 0 Å². The average molecular weight is 241 g/mol. The molecule has 1 aromatic rings. The molecule has 17 heavy (non-hydrogen) atoms. The van der Waals surface area contributed by atoms with Crippen LogP contribution < -0.4 is 16.6 Å². The molecule has 0 spiro atoms. The molecule has 1 amide bonds. The number of aliphatic carboxylic acids is 1. The van der Waals surface area contributed by atoms with Crippen LogP contribution in [0.5, 0.6) is 0 Å². The standard InChI is InChI=1S/C9H11N3O5/c1-2-5(8(15)16)11-6(13)4-3-10-9(17)12-7(4)14/h3,5H,2H2,1H3,(H,11,13)(H,15,16)(H2,10,12,14,17)/t5-/m1/s1. The number of amides is 1. The number of rotatable bonds is 4. The molecule has 1 rings (SSSR count). The van der Waals surface area contributed by atoms with Gasteiger partial charge in [0.2, 0.25) is 0 Å². The van der Waals surface area contributed by atoms with Gasteiger partial charge in [-0.15, -0.1) is 0 Å². The summed E-state index contributed by atoms with van der Waals surface area (Å²) >= 11 is 0. The van der Waals surface area contributed by atoms with Gasteiger partial charge in [0.05, 0.1) is 0 Å². The first kappa shape index (κ1) is 12.7. The van der Waals surface area contributed by atoms with E-state index in [0.29, 0.717) is 0 Å². The predicted molar refractivity (Wildman–Crippen MR) is 56.9 cm³/mol. The molecular weight excluding hydrogens is 230 g/mol. The van der Waals surface area contributed by atoms with Crippen molar-refractivity contribution in [2.24, 2.45) is 0 Å². The van der Waals surface area contributed by atoms with Crippen molar-refractivity contribution < 1.29 is 14.7 Å². The van der Waals surface area contributed by atoms with Crippen molar-refractivity contribution in [3.05, 3.63) is 32.6 Å². The molecule has 0 saturated carbocycles. The molecule has 0 radical (unpaired) electrons. The molecule has 1 heterocycles. The van der Waals surface area contributed by atoms with Gasteiger partial charge in [0, 0.05) is 6.20 Å². The maximum Gasteiger partial charge on any atom is 0.326 e. The molecule has 1 atom stereocenters. The van der Waals surface area contributed by atoms with Crippen molar-refractivity contribution in [3.63, 3.8) is 0 Å². The molecule has 8 nitrogen and oxygen atoms in total. The molecule has 92 valence electrons. The fourth-order valence-corrected chi connectivity index (χ4v) is 1.15. The molecule has 0 saturated heterocycles. The number of carboxylic acids is 1. The van der Waals surface area contributed by atoms with Crippen LogP contribution in [0.25, 0.3) is 0 Å². The van der Waals surface area contributed by atoms with Gasteiger partial charge in [0.25, 0.3) is 11.5 Å². The third kappa shape index (κ3) is 3.03. The third-order valence-corrected chi connectivity index (χ3v) is 2.08. The minimum absolute atomic E-state index is 0.183. The first-order valence-corrected chi connectivity index (χ1v) is 4.81. The molecule has 0 unspecified atom stereocenters. The Morgan fingerprint density at radius 3 is 2.59 bits per heavy atom. The highest BCUT2D eigenvalue weighted by Gasteiger charge is 2.20.